The second-order valence-electron chi connectivity index (χ2n) is 4.35. The van der Waals surface area contributed by atoms with Crippen LogP contribution in [0.1, 0.15) is 38.2 Å². The van der Waals surface area contributed by atoms with Crippen LogP contribution < -0.4 is 0 Å². The van der Waals surface area contributed by atoms with Crippen molar-refractivity contribution in [2.24, 2.45) is 0 Å². The average molecular weight is 316 g/mol. The van der Waals surface area contributed by atoms with Crippen LogP contribution in [0.2, 0.25) is 0 Å². The first-order valence-electron chi connectivity index (χ1n) is 5.81. The van der Waals surface area contributed by atoms with Crippen molar-refractivity contribution in [3.05, 3.63) is 34.4 Å². The number of aliphatic hydroxyl groups is 1. The molecule has 18 heavy (non-hydrogen) atoms. The van der Waals surface area contributed by atoms with E-state index in [-0.39, 0.29) is 6.04 Å². The topological polar surface area (TPSA) is 50.9 Å². The summed E-state index contributed by atoms with van der Waals surface area (Å²) in [6.45, 7) is 3.59. The highest BCUT2D eigenvalue weighted by Gasteiger charge is 2.20. The Bertz CT molecular complexity index is 496. The molecule has 0 aliphatic heterocycles. The van der Waals surface area contributed by atoms with Crippen molar-refractivity contribution in [2.45, 2.75) is 38.6 Å². The first kappa shape index (κ1) is 13.4. The molecule has 0 saturated carbocycles. The third-order valence-electron chi connectivity index (χ3n) is 2.93. The lowest BCUT2D eigenvalue weighted by molar-refractivity contribution is 0.180. The smallest absolute Gasteiger partial charge is 0.217 e. The minimum atomic E-state index is -0.903. The Morgan fingerprint density at radius 3 is 2.83 bits per heavy atom. The Morgan fingerprint density at radius 2 is 2.28 bits per heavy atom. The highest BCUT2D eigenvalue weighted by Crippen LogP contribution is 2.26. The molecule has 0 aromatic carbocycles. The first-order valence-corrected chi connectivity index (χ1v) is 6.60. The minimum Gasteiger partial charge on any atom is -0.385 e. The Morgan fingerprint density at radius 1 is 1.56 bits per heavy atom. The van der Waals surface area contributed by atoms with Crippen LogP contribution in [0.15, 0.2) is 28.5 Å². The van der Waals surface area contributed by atoms with E-state index in [9.17, 15) is 9.50 Å². The van der Waals surface area contributed by atoms with Gasteiger partial charge in [0, 0.05) is 6.42 Å². The van der Waals surface area contributed by atoms with Crippen LogP contribution in [-0.4, -0.2) is 26.0 Å². The van der Waals surface area contributed by atoms with Crippen molar-refractivity contribution in [2.75, 3.05) is 0 Å². The van der Waals surface area contributed by atoms with Crippen molar-refractivity contribution < 1.29 is 9.50 Å². The van der Waals surface area contributed by atoms with Gasteiger partial charge in [0.25, 0.3) is 0 Å². The molecular formula is C12H15BrFN3O. The van der Waals surface area contributed by atoms with Crippen molar-refractivity contribution in [3.63, 3.8) is 0 Å². The SMILES string of the molecule is CC(O)c1nc(Br)nn1C(C)C1=CCC(F)C=C1. The molecule has 3 atom stereocenters. The molecule has 0 fully saturated rings. The predicted molar refractivity (Wildman–Crippen MR) is 69.8 cm³/mol. The van der Waals surface area contributed by atoms with Crippen LogP contribution >= 0.6 is 15.9 Å². The van der Waals surface area contributed by atoms with Gasteiger partial charge in [-0.1, -0.05) is 18.2 Å². The number of allylic oxidation sites excluding steroid dienone is 4. The maximum absolute atomic E-state index is 13.0. The number of alkyl halides is 1. The lowest BCUT2D eigenvalue weighted by Gasteiger charge is -2.19. The number of rotatable bonds is 3. The van der Waals surface area contributed by atoms with E-state index in [4.69, 9.17) is 0 Å². The van der Waals surface area contributed by atoms with Gasteiger partial charge in [0.1, 0.15) is 12.3 Å². The van der Waals surface area contributed by atoms with Crippen molar-refractivity contribution in [3.8, 4) is 0 Å². The fraction of sp³-hybridized carbons (Fsp3) is 0.500. The van der Waals surface area contributed by atoms with E-state index in [1.165, 1.54) is 0 Å². The maximum atomic E-state index is 13.0. The molecular weight excluding hydrogens is 301 g/mol. The minimum absolute atomic E-state index is 0.0860. The lowest BCUT2D eigenvalue weighted by atomic mass is 10.0. The van der Waals surface area contributed by atoms with E-state index in [0.29, 0.717) is 17.0 Å². The van der Waals surface area contributed by atoms with Gasteiger partial charge in [0.2, 0.25) is 4.73 Å². The molecule has 4 nitrogen and oxygen atoms in total. The van der Waals surface area contributed by atoms with E-state index in [1.54, 1.807) is 23.8 Å². The summed E-state index contributed by atoms with van der Waals surface area (Å²) in [5, 5.41) is 13.9. The van der Waals surface area contributed by atoms with Crippen molar-refractivity contribution in [1.29, 1.82) is 0 Å². The zero-order valence-electron chi connectivity index (χ0n) is 10.2. The Labute approximate surface area is 113 Å². The zero-order chi connectivity index (χ0) is 13.3. The van der Waals surface area contributed by atoms with Gasteiger partial charge in [-0.15, -0.1) is 5.10 Å². The Balaban J connectivity index is 2.29. The Kier molecular flexibility index (Phi) is 3.97. The molecule has 1 aliphatic rings. The standard InChI is InChI=1S/C12H15BrFN3O/c1-7(9-3-5-10(14)6-4-9)17-11(8(2)18)15-12(13)16-17/h3-5,7-8,10,18H,6H2,1-2H3. The number of hydrogen-bond acceptors (Lipinski definition) is 3. The van der Waals surface area contributed by atoms with Gasteiger partial charge in [-0.3, -0.25) is 0 Å². The molecule has 6 heteroatoms. The summed E-state index contributed by atoms with van der Waals surface area (Å²) in [4.78, 5) is 4.13. The van der Waals surface area contributed by atoms with Crippen LogP contribution in [-0.2, 0) is 0 Å². The first-order chi connectivity index (χ1) is 8.49. The van der Waals surface area contributed by atoms with E-state index in [2.05, 4.69) is 26.0 Å². The average Bonchev–Trinajstić information content (AvgIpc) is 2.71. The molecule has 0 spiro atoms. The molecule has 3 unspecified atom stereocenters. The van der Waals surface area contributed by atoms with Gasteiger partial charge < -0.3 is 5.11 Å². The maximum Gasteiger partial charge on any atom is 0.217 e. The highest BCUT2D eigenvalue weighted by atomic mass is 79.9. The largest absolute Gasteiger partial charge is 0.385 e. The summed E-state index contributed by atoms with van der Waals surface area (Å²) in [7, 11) is 0. The van der Waals surface area contributed by atoms with Gasteiger partial charge >= 0.3 is 0 Å². The Hall–Kier alpha value is -1.01. The van der Waals surface area contributed by atoms with Crippen LogP contribution in [0.5, 0.6) is 0 Å². The fourth-order valence-electron chi connectivity index (χ4n) is 1.94. The molecule has 2 rings (SSSR count). The molecule has 1 aromatic rings. The second-order valence-corrected chi connectivity index (χ2v) is 5.06. The van der Waals surface area contributed by atoms with Gasteiger partial charge in [0.15, 0.2) is 5.82 Å². The summed E-state index contributed by atoms with van der Waals surface area (Å²) in [6.07, 6.45) is 3.94. The van der Waals surface area contributed by atoms with E-state index in [0.717, 1.165) is 5.57 Å². The normalized spacial score (nSPS) is 22.7. The fourth-order valence-corrected chi connectivity index (χ4v) is 2.29. The molecule has 0 amide bonds. The van der Waals surface area contributed by atoms with E-state index < -0.39 is 12.3 Å². The highest BCUT2D eigenvalue weighted by molar-refractivity contribution is 9.10. The van der Waals surface area contributed by atoms with Crippen molar-refractivity contribution >= 4 is 15.9 Å². The molecule has 1 heterocycles. The second kappa shape index (κ2) is 5.32. The number of aromatic nitrogens is 3. The lowest BCUT2D eigenvalue weighted by Crippen LogP contribution is -2.16. The molecule has 0 bridgehead atoms. The molecule has 0 saturated heterocycles. The number of aliphatic hydroxyl groups excluding tert-OH is 1. The predicted octanol–water partition coefficient (Wildman–Crippen LogP) is 2.88. The summed E-state index contributed by atoms with van der Waals surface area (Å²) in [5.74, 6) is 0.492. The van der Waals surface area contributed by atoms with Crippen LogP contribution in [0.4, 0.5) is 4.39 Å². The van der Waals surface area contributed by atoms with Gasteiger partial charge in [0.05, 0.1) is 6.04 Å². The number of nitrogens with zero attached hydrogens (tertiary/aromatic N) is 3. The monoisotopic (exact) mass is 315 g/mol. The quantitative estimate of drug-likeness (QED) is 0.933. The molecule has 0 radical (unpaired) electrons. The summed E-state index contributed by atoms with van der Waals surface area (Å²) < 4.78 is 15.1. The molecule has 1 aliphatic carbocycles. The zero-order valence-corrected chi connectivity index (χ0v) is 11.8. The van der Waals surface area contributed by atoms with Crippen LogP contribution in [0.3, 0.4) is 0 Å². The van der Waals surface area contributed by atoms with Crippen molar-refractivity contribution in [1.82, 2.24) is 14.8 Å². The number of hydrogen-bond donors (Lipinski definition) is 1. The van der Waals surface area contributed by atoms with E-state index >= 15 is 0 Å². The van der Waals surface area contributed by atoms with Gasteiger partial charge in [-0.25, -0.2) is 14.1 Å². The third-order valence-corrected chi connectivity index (χ3v) is 3.27. The van der Waals surface area contributed by atoms with Gasteiger partial charge in [-0.2, -0.15) is 0 Å². The molecule has 1 N–H and O–H groups in total. The van der Waals surface area contributed by atoms with Crippen LogP contribution in [0, 0.1) is 0 Å². The summed E-state index contributed by atoms with van der Waals surface area (Å²) in [6, 6.07) is -0.0860. The van der Waals surface area contributed by atoms with Crippen LogP contribution in [0.25, 0.3) is 0 Å². The third kappa shape index (κ3) is 2.70. The molecule has 98 valence electrons. The van der Waals surface area contributed by atoms with Gasteiger partial charge in [-0.05, 0) is 35.4 Å². The molecule has 1 aromatic heterocycles. The summed E-state index contributed by atoms with van der Waals surface area (Å²) >= 11 is 3.20. The van der Waals surface area contributed by atoms with E-state index in [1.807, 2.05) is 13.0 Å². The summed E-state index contributed by atoms with van der Waals surface area (Å²) in [5.41, 5.74) is 0.975. The number of halogens is 2.